The normalized spacial score (nSPS) is 16.6. The molecule has 148 valence electrons. The maximum Gasteiger partial charge on any atom is 0.288 e. The summed E-state index contributed by atoms with van der Waals surface area (Å²) in [7, 11) is 1.58. The Morgan fingerprint density at radius 1 is 1.21 bits per heavy atom. The topological polar surface area (TPSA) is 106 Å². The van der Waals surface area contributed by atoms with Crippen LogP contribution in [0, 0.1) is 10.1 Å². The number of amides is 1. The van der Waals surface area contributed by atoms with Gasteiger partial charge in [0.25, 0.3) is 11.6 Å². The van der Waals surface area contributed by atoms with Crippen LogP contribution in [-0.4, -0.2) is 29.3 Å². The number of amidine groups is 1. The van der Waals surface area contributed by atoms with E-state index in [1.807, 2.05) is 12.1 Å². The van der Waals surface area contributed by atoms with Crippen molar-refractivity contribution in [3.63, 3.8) is 0 Å². The molecule has 2 aromatic carbocycles. The van der Waals surface area contributed by atoms with Gasteiger partial charge in [0.2, 0.25) is 0 Å². The van der Waals surface area contributed by atoms with Crippen LogP contribution in [0.3, 0.4) is 0 Å². The van der Waals surface area contributed by atoms with Crippen LogP contribution in [0.25, 0.3) is 6.08 Å². The lowest BCUT2D eigenvalue weighted by molar-refractivity contribution is -0.384. The number of nitro groups is 1. The monoisotopic (exact) mass is 450 g/mol. The van der Waals surface area contributed by atoms with Gasteiger partial charge < -0.3 is 4.74 Å². The van der Waals surface area contributed by atoms with E-state index in [1.165, 1.54) is 24.4 Å². The second-order valence-electron chi connectivity index (χ2n) is 5.57. The molecule has 1 saturated heterocycles. The first-order valence-corrected chi connectivity index (χ1v) is 9.54. The molecule has 8 nitrogen and oxygen atoms in total. The number of nitrogens with zero attached hydrogens (tertiary/aromatic N) is 3. The predicted molar refractivity (Wildman–Crippen MR) is 115 cm³/mol. The molecular formula is C18H12Cl2N4O4S. The van der Waals surface area contributed by atoms with E-state index in [4.69, 9.17) is 27.9 Å². The van der Waals surface area contributed by atoms with Gasteiger partial charge in [0.15, 0.2) is 5.17 Å². The Morgan fingerprint density at radius 3 is 2.59 bits per heavy atom. The van der Waals surface area contributed by atoms with Crippen LogP contribution in [0.2, 0.25) is 10.0 Å². The van der Waals surface area contributed by atoms with E-state index in [2.05, 4.69) is 15.5 Å². The van der Waals surface area contributed by atoms with Crippen molar-refractivity contribution in [2.24, 2.45) is 10.2 Å². The summed E-state index contributed by atoms with van der Waals surface area (Å²) in [4.78, 5) is 22.8. The highest BCUT2D eigenvalue weighted by molar-refractivity contribution is 8.18. The van der Waals surface area contributed by atoms with Crippen molar-refractivity contribution in [2.75, 3.05) is 7.11 Å². The quantitative estimate of drug-likeness (QED) is 0.312. The van der Waals surface area contributed by atoms with E-state index >= 15 is 0 Å². The van der Waals surface area contributed by atoms with Crippen LogP contribution in [0.1, 0.15) is 11.1 Å². The number of hydrogen-bond donors (Lipinski definition) is 1. The maximum atomic E-state index is 12.1. The van der Waals surface area contributed by atoms with Gasteiger partial charge in [-0.2, -0.15) is 5.10 Å². The van der Waals surface area contributed by atoms with Crippen molar-refractivity contribution in [3.05, 3.63) is 72.6 Å². The number of rotatable bonds is 5. The van der Waals surface area contributed by atoms with Gasteiger partial charge in [-0.15, -0.1) is 5.10 Å². The number of hydrogen-bond acceptors (Lipinski definition) is 7. The van der Waals surface area contributed by atoms with Gasteiger partial charge in [-0.1, -0.05) is 23.2 Å². The summed E-state index contributed by atoms with van der Waals surface area (Å²) >= 11 is 12.9. The third-order valence-corrected chi connectivity index (χ3v) is 5.20. The van der Waals surface area contributed by atoms with Gasteiger partial charge in [-0.25, -0.2) is 0 Å². The summed E-state index contributed by atoms with van der Waals surface area (Å²) in [6.45, 7) is 0. The smallest absolute Gasteiger partial charge is 0.288 e. The molecule has 0 unspecified atom stereocenters. The van der Waals surface area contributed by atoms with E-state index in [0.29, 0.717) is 5.56 Å². The van der Waals surface area contributed by atoms with Gasteiger partial charge in [-0.3, -0.25) is 20.2 Å². The van der Waals surface area contributed by atoms with Crippen molar-refractivity contribution >= 4 is 64.0 Å². The molecule has 0 radical (unpaired) electrons. The first-order chi connectivity index (χ1) is 13.9. The molecular weight excluding hydrogens is 439 g/mol. The fourth-order valence-electron chi connectivity index (χ4n) is 2.26. The maximum absolute atomic E-state index is 12.1. The second kappa shape index (κ2) is 9.08. The minimum atomic E-state index is -0.622. The standard InChI is InChI=1S/C18H12Cl2N4O4S/c1-28-12-4-2-10(3-5-12)9-21-23-18-22-17(25)16(29-18)7-11-6-15(24(26)27)14(20)8-13(11)19/h2-9H,1H3,(H,22,23,25). The number of ether oxygens (including phenoxy) is 1. The highest BCUT2D eigenvalue weighted by Crippen LogP contribution is 2.34. The third kappa shape index (κ3) is 5.14. The number of benzene rings is 2. The average molecular weight is 451 g/mol. The van der Waals surface area contributed by atoms with Crippen molar-refractivity contribution < 1.29 is 14.5 Å². The summed E-state index contributed by atoms with van der Waals surface area (Å²) < 4.78 is 5.08. The Labute approximate surface area is 179 Å². The first-order valence-electron chi connectivity index (χ1n) is 7.97. The summed E-state index contributed by atoms with van der Waals surface area (Å²) in [6, 6.07) is 9.67. The Balaban J connectivity index is 1.77. The Kier molecular flexibility index (Phi) is 6.53. The summed E-state index contributed by atoms with van der Waals surface area (Å²) in [6.07, 6.45) is 2.96. The number of halogens is 2. The molecule has 3 rings (SSSR count). The molecule has 2 aromatic rings. The number of nitrogens with one attached hydrogen (secondary N) is 1. The molecule has 0 atom stereocenters. The Hall–Kier alpha value is -2.88. The van der Waals surface area contributed by atoms with E-state index in [-0.39, 0.29) is 25.8 Å². The first kappa shape index (κ1) is 20.8. The van der Waals surface area contributed by atoms with Gasteiger partial charge >= 0.3 is 0 Å². The van der Waals surface area contributed by atoms with E-state index in [0.717, 1.165) is 23.1 Å². The number of nitro benzene ring substituents is 1. The molecule has 0 saturated carbocycles. The van der Waals surface area contributed by atoms with Gasteiger partial charge in [-0.05, 0) is 53.7 Å². The second-order valence-corrected chi connectivity index (χ2v) is 7.41. The van der Waals surface area contributed by atoms with Crippen molar-refractivity contribution in [3.8, 4) is 5.75 Å². The van der Waals surface area contributed by atoms with Gasteiger partial charge in [0.1, 0.15) is 10.8 Å². The number of methoxy groups -OCH3 is 1. The summed E-state index contributed by atoms with van der Waals surface area (Å²) in [5.41, 5.74) is 0.799. The lowest BCUT2D eigenvalue weighted by atomic mass is 10.2. The minimum absolute atomic E-state index is 0.0826. The number of thioether (sulfide) groups is 1. The molecule has 0 bridgehead atoms. The van der Waals surface area contributed by atoms with Crippen LogP contribution < -0.4 is 10.1 Å². The Bertz CT molecular complexity index is 1070. The molecule has 1 aliphatic heterocycles. The highest BCUT2D eigenvalue weighted by Gasteiger charge is 2.25. The molecule has 1 N–H and O–H groups in total. The van der Waals surface area contributed by atoms with Gasteiger partial charge in [0.05, 0.1) is 23.2 Å². The largest absolute Gasteiger partial charge is 0.497 e. The predicted octanol–water partition coefficient (Wildman–Crippen LogP) is 4.50. The van der Waals surface area contributed by atoms with E-state index < -0.39 is 10.8 Å². The molecule has 29 heavy (non-hydrogen) atoms. The van der Waals surface area contributed by atoms with E-state index in [9.17, 15) is 14.9 Å². The SMILES string of the molecule is COc1ccc(C=N/N=C2\NC(=O)C(=Cc3cc([N+](=O)[O-])c(Cl)cc3Cl)S2)cc1. The lowest BCUT2D eigenvalue weighted by Gasteiger charge is -2.01. The third-order valence-electron chi connectivity index (χ3n) is 3.67. The van der Waals surface area contributed by atoms with Crippen LogP contribution >= 0.6 is 35.0 Å². The molecule has 0 spiro atoms. The van der Waals surface area contributed by atoms with Crippen molar-refractivity contribution in [2.45, 2.75) is 0 Å². The molecule has 11 heteroatoms. The molecule has 1 heterocycles. The molecule has 1 fully saturated rings. The van der Waals surface area contributed by atoms with Crippen molar-refractivity contribution in [1.29, 1.82) is 0 Å². The van der Waals surface area contributed by atoms with Gasteiger partial charge in [0, 0.05) is 16.7 Å². The zero-order valence-electron chi connectivity index (χ0n) is 14.8. The molecule has 0 aliphatic carbocycles. The summed E-state index contributed by atoms with van der Waals surface area (Å²) in [5.74, 6) is 0.310. The molecule has 1 aliphatic rings. The number of carbonyl (C=O) groups is 1. The highest BCUT2D eigenvalue weighted by atomic mass is 35.5. The molecule has 0 aromatic heterocycles. The number of carbonyl (C=O) groups excluding carboxylic acids is 1. The zero-order chi connectivity index (χ0) is 21.0. The Morgan fingerprint density at radius 2 is 1.93 bits per heavy atom. The lowest BCUT2D eigenvalue weighted by Crippen LogP contribution is -2.19. The van der Waals surface area contributed by atoms with E-state index in [1.54, 1.807) is 19.2 Å². The molecule has 1 amide bonds. The summed E-state index contributed by atoms with van der Waals surface area (Å²) in [5, 5.41) is 21.9. The van der Waals surface area contributed by atoms with Crippen LogP contribution in [0.4, 0.5) is 5.69 Å². The zero-order valence-corrected chi connectivity index (χ0v) is 17.1. The fraction of sp³-hybridized carbons (Fsp3) is 0.0556. The van der Waals surface area contributed by atoms with Crippen LogP contribution in [-0.2, 0) is 4.79 Å². The fourth-order valence-corrected chi connectivity index (χ4v) is 3.53. The van der Waals surface area contributed by atoms with Crippen molar-refractivity contribution in [1.82, 2.24) is 5.32 Å². The minimum Gasteiger partial charge on any atom is -0.497 e. The van der Waals surface area contributed by atoms with Crippen LogP contribution in [0.15, 0.2) is 51.5 Å². The average Bonchev–Trinajstić information content (AvgIpc) is 3.03. The van der Waals surface area contributed by atoms with Crippen LogP contribution in [0.5, 0.6) is 5.75 Å².